The zero-order valence-corrected chi connectivity index (χ0v) is 17.8. The van der Waals surface area contributed by atoms with Gasteiger partial charge in [-0.3, -0.25) is 14.2 Å². The van der Waals surface area contributed by atoms with Crippen molar-refractivity contribution in [2.75, 3.05) is 5.32 Å². The first-order valence-corrected chi connectivity index (χ1v) is 10.2. The number of rotatable bonds is 5. The van der Waals surface area contributed by atoms with Crippen LogP contribution in [0.5, 0.6) is 0 Å². The van der Waals surface area contributed by atoms with Crippen molar-refractivity contribution in [3.8, 4) is 5.69 Å². The fourth-order valence-electron chi connectivity index (χ4n) is 3.32. The Labute approximate surface area is 184 Å². The number of benzene rings is 3. The van der Waals surface area contributed by atoms with Crippen LogP contribution in [0.15, 0.2) is 88.5 Å². The van der Waals surface area contributed by atoms with E-state index >= 15 is 0 Å². The monoisotopic (exact) mass is 426 g/mol. The zero-order chi connectivity index (χ0) is 22.7. The third kappa shape index (κ3) is 4.27. The van der Waals surface area contributed by atoms with Gasteiger partial charge in [0.1, 0.15) is 0 Å². The van der Waals surface area contributed by atoms with Gasteiger partial charge in [0.05, 0.1) is 12.2 Å². The molecule has 1 heterocycles. The number of para-hydroxylation sites is 1. The van der Waals surface area contributed by atoms with Gasteiger partial charge in [0.15, 0.2) is 0 Å². The van der Waals surface area contributed by atoms with Crippen LogP contribution in [0.3, 0.4) is 0 Å². The van der Waals surface area contributed by atoms with Crippen LogP contribution < -0.4 is 16.6 Å². The van der Waals surface area contributed by atoms with Gasteiger partial charge in [-0.05, 0) is 49.2 Å². The molecule has 0 saturated carbocycles. The lowest BCUT2D eigenvalue weighted by Crippen LogP contribution is -2.45. The molecule has 0 aliphatic carbocycles. The predicted octanol–water partition coefficient (Wildman–Crippen LogP) is 3.31. The van der Waals surface area contributed by atoms with Crippen LogP contribution in [0, 0.1) is 13.8 Å². The predicted molar refractivity (Wildman–Crippen MR) is 124 cm³/mol. The molecule has 1 aromatic heterocycles. The Morgan fingerprint density at radius 3 is 2.22 bits per heavy atom. The van der Waals surface area contributed by atoms with E-state index in [-0.39, 0.29) is 12.2 Å². The standard InChI is InChI=1S/C25H22N4O3/c1-17-12-14-21(15-13-17)29-25(32)28(16-19-9-7-6-8-18(19)2)24(31)22(27-29)23(30)26-20-10-4-3-5-11-20/h3-15H,16H2,1-2H3,(H,26,30). The quantitative estimate of drug-likeness (QED) is 0.531. The van der Waals surface area contributed by atoms with E-state index in [1.807, 2.05) is 56.3 Å². The van der Waals surface area contributed by atoms with Crippen molar-refractivity contribution in [2.45, 2.75) is 20.4 Å². The first-order valence-electron chi connectivity index (χ1n) is 10.2. The average Bonchev–Trinajstić information content (AvgIpc) is 2.79. The summed E-state index contributed by atoms with van der Waals surface area (Å²) in [5, 5.41) is 6.83. The summed E-state index contributed by atoms with van der Waals surface area (Å²) in [6.07, 6.45) is 0. The van der Waals surface area contributed by atoms with Crippen molar-refractivity contribution < 1.29 is 4.79 Å². The van der Waals surface area contributed by atoms with Crippen LogP contribution in [0.1, 0.15) is 27.2 Å². The van der Waals surface area contributed by atoms with E-state index < -0.39 is 17.2 Å². The summed E-state index contributed by atoms with van der Waals surface area (Å²) < 4.78 is 2.15. The van der Waals surface area contributed by atoms with E-state index in [2.05, 4.69) is 10.4 Å². The fourth-order valence-corrected chi connectivity index (χ4v) is 3.32. The molecule has 0 aliphatic heterocycles. The number of nitrogens with zero attached hydrogens (tertiary/aromatic N) is 3. The molecule has 7 nitrogen and oxygen atoms in total. The Kier molecular flexibility index (Phi) is 5.81. The lowest BCUT2D eigenvalue weighted by molar-refractivity contribution is 0.101. The summed E-state index contributed by atoms with van der Waals surface area (Å²) in [6.45, 7) is 3.87. The molecule has 0 bridgehead atoms. The number of nitrogens with one attached hydrogen (secondary N) is 1. The highest BCUT2D eigenvalue weighted by Crippen LogP contribution is 2.10. The Morgan fingerprint density at radius 1 is 0.875 bits per heavy atom. The van der Waals surface area contributed by atoms with Gasteiger partial charge >= 0.3 is 5.69 Å². The van der Waals surface area contributed by atoms with Crippen molar-refractivity contribution in [1.82, 2.24) is 14.3 Å². The molecule has 3 aromatic carbocycles. The SMILES string of the molecule is Cc1ccc(-n2nc(C(=O)Nc3ccccc3)c(=O)n(Cc3ccccc3C)c2=O)cc1. The second-order valence-corrected chi connectivity index (χ2v) is 7.52. The number of aromatic nitrogens is 3. The van der Waals surface area contributed by atoms with Crippen LogP contribution in [-0.2, 0) is 6.54 Å². The molecule has 0 fully saturated rings. The molecule has 1 amide bonds. The summed E-state index contributed by atoms with van der Waals surface area (Å²) in [5.74, 6) is -0.680. The summed E-state index contributed by atoms with van der Waals surface area (Å²) in [5.41, 5.74) is 2.04. The number of hydrogen-bond donors (Lipinski definition) is 1. The summed E-state index contributed by atoms with van der Waals surface area (Å²) >= 11 is 0. The zero-order valence-electron chi connectivity index (χ0n) is 17.8. The van der Waals surface area contributed by atoms with Gasteiger partial charge in [0, 0.05) is 5.69 Å². The molecule has 4 aromatic rings. The molecule has 1 N–H and O–H groups in total. The molecule has 0 atom stereocenters. The second kappa shape index (κ2) is 8.85. The maximum atomic E-state index is 13.3. The van der Waals surface area contributed by atoms with Gasteiger partial charge in [0.25, 0.3) is 11.5 Å². The normalized spacial score (nSPS) is 10.7. The number of amides is 1. The molecule has 0 unspecified atom stereocenters. The molecule has 7 heteroatoms. The topological polar surface area (TPSA) is 86.0 Å². The summed E-state index contributed by atoms with van der Waals surface area (Å²) in [4.78, 5) is 39.4. The van der Waals surface area contributed by atoms with Crippen molar-refractivity contribution in [3.63, 3.8) is 0 Å². The molecule has 0 saturated heterocycles. The van der Waals surface area contributed by atoms with Gasteiger partial charge in [-0.15, -0.1) is 0 Å². The number of carbonyl (C=O) groups excluding carboxylic acids is 1. The third-order valence-corrected chi connectivity index (χ3v) is 5.17. The first kappa shape index (κ1) is 21.0. The first-order chi connectivity index (χ1) is 15.4. The number of aryl methyl sites for hydroxylation is 2. The van der Waals surface area contributed by atoms with Gasteiger partial charge in [0.2, 0.25) is 5.69 Å². The van der Waals surface area contributed by atoms with Crippen LogP contribution in [0.25, 0.3) is 5.69 Å². The molecule has 4 rings (SSSR count). The minimum Gasteiger partial charge on any atom is -0.320 e. The van der Waals surface area contributed by atoms with Crippen LogP contribution in [0.2, 0.25) is 0 Å². The summed E-state index contributed by atoms with van der Waals surface area (Å²) in [6, 6.07) is 23.4. The lowest BCUT2D eigenvalue weighted by atomic mass is 10.1. The number of hydrogen-bond acceptors (Lipinski definition) is 4. The van der Waals surface area contributed by atoms with E-state index in [0.29, 0.717) is 11.4 Å². The molecule has 0 spiro atoms. The Morgan fingerprint density at radius 2 is 1.53 bits per heavy atom. The molecule has 0 aliphatic rings. The highest BCUT2D eigenvalue weighted by atomic mass is 16.2. The number of carbonyl (C=O) groups is 1. The Bertz CT molecular complexity index is 1390. The number of anilines is 1. The highest BCUT2D eigenvalue weighted by Gasteiger charge is 2.21. The summed E-state index contributed by atoms with van der Waals surface area (Å²) in [7, 11) is 0. The van der Waals surface area contributed by atoms with E-state index in [4.69, 9.17) is 0 Å². The van der Waals surface area contributed by atoms with Gasteiger partial charge in [-0.1, -0.05) is 60.2 Å². The van der Waals surface area contributed by atoms with Crippen molar-refractivity contribution >= 4 is 11.6 Å². The van der Waals surface area contributed by atoms with E-state index in [1.165, 1.54) is 0 Å². The largest absolute Gasteiger partial charge is 0.352 e. The van der Waals surface area contributed by atoms with Crippen LogP contribution in [-0.4, -0.2) is 20.3 Å². The van der Waals surface area contributed by atoms with Crippen LogP contribution >= 0.6 is 0 Å². The van der Waals surface area contributed by atoms with Gasteiger partial charge < -0.3 is 5.32 Å². The van der Waals surface area contributed by atoms with Crippen molar-refractivity contribution in [1.29, 1.82) is 0 Å². The minimum absolute atomic E-state index is 0.0321. The fraction of sp³-hybridized carbons (Fsp3) is 0.120. The third-order valence-electron chi connectivity index (χ3n) is 5.17. The van der Waals surface area contributed by atoms with Gasteiger partial charge in [-0.25, -0.2) is 4.79 Å². The smallest absolute Gasteiger partial charge is 0.320 e. The van der Waals surface area contributed by atoms with Crippen molar-refractivity contribution in [2.24, 2.45) is 0 Å². The second-order valence-electron chi connectivity index (χ2n) is 7.52. The Balaban J connectivity index is 1.87. The van der Waals surface area contributed by atoms with Crippen LogP contribution in [0.4, 0.5) is 5.69 Å². The lowest BCUT2D eigenvalue weighted by Gasteiger charge is -2.13. The minimum atomic E-state index is -0.741. The molecule has 32 heavy (non-hydrogen) atoms. The average molecular weight is 426 g/mol. The van der Waals surface area contributed by atoms with E-state index in [0.717, 1.165) is 25.9 Å². The molecule has 0 radical (unpaired) electrons. The molecular formula is C25H22N4O3. The van der Waals surface area contributed by atoms with E-state index in [1.54, 1.807) is 36.4 Å². The van der Waals surface area contributed by atoms with Crippen molar-refractivity contribution in [3.05, 3.63) is 122 Å². The highest BCUT2D eigenvalue weighted by molar-refractivity contribution is 6.02. The van der Waals surface area contributed by atoms with E-state index in [9.17, 15) is 14.4 Å². The van der Waals surface area contributed by atoms with Gasteiger partial charge in [-0.2, -0.15) is 9.78 Å². The molecular weight excluding hydrogens is 404 g/mol. The maximum Gasteiger partial charge on any atom is 0.352 e. The maximum absolute atomic E-state index is 13.3. The Hall–Kier alpha value is -4.26. The molecule has 160 valence electrons.